The normalized spacial score (nSPS) is 12.8. The van der Waals surface area contributed by atoms with Crippen LogP contribution in [0.2, 0.25) is 0 Å². The van der Waals surface area contributed by atoms with E-state index >= 15 is 0 Å². The highest BCUT2D eigenvalue weighted by molar-refractivity contribution is 5.88. The Kier molecular flexibility index (Phi) is 4.98. The number of rotatable bonds is 6. The monoisotopic (exact) mass is 255 g/mol. The van der Waals surface area contributed by atoms with Crippen molar-refractivity contribution in [3.63, 3.8) is 0 Å². The summed E-state index contributed by atoms with van der Waals surface area (Å²) in [6.07, 6.45) is 6.22. The number of hydrogen-bond donors (Lipinski definition) is 1. The average molecular weight is 255 g/mol. The number of aryl methyl sites for hydroxylation is 1. The lowest BCUT2D eigenvalue weighted by Crippen LogP contribution is -2.10. The summed E-state index contributed by atoms with van der Waals surface area (Å²) in [6.45, 7) is 4.41. The largest absolute Gasteiger partial charge is 0.324 e. The molecule has 1 unspecified atom stereocenters. The minimum absolute atomic E-state index is 0.169. The van der Waals surface area contributed by atoms with Gasteiger partial charge in [0.1, 0.15) is 0 Å². The Morgan fingerprint density at radius 3 is 2.42 bits per heavy atom. The highest BCUT2D eigenvalue weighted by Gasteiger charge is 2.10. The smallest absolute Gasteiger partial charge is 0.0301 e. The van der Waals surface area contributed by atoms with Gasteiger partial charge in [-0.2, -0.15) is 0 Å². The average Bonchev–Trinajstić information content (AvgIpc) is 2.44. The Morgan fingerprint density at radius 1 is 0.947 bits per heavy atom. The number of nitrogens with two attached hydrogens (primary N) is 1. The number of fused-ring (bicyclic) bond motifs is 1. The Morgan fingerprint density at radius 2 is 1.68 bits per heavy atom. The highest BCUT2D eigenvalue weighted by atomic mass is 14.6. The van der Waals surface area contributed by atoms with Crippen LogP contribution in [0.4, 0.5) is 0 Å². The number of benzene rings is 2. The van der Waals surface area contributed by atoms with Crippen LogP contribution in [0.15, 0.2) is 36.4 Å². The Labute approximate surface area is 116 Å². The molecule has 0 saturated carbocycles. The van der Waals surface area contributed by atoms with E-state index in [2.05, 4.69) is 50.2 Å². The van der Waals surface area contributed by atoms with Crippen molar-refractivity contribution in [2.75, 3.05) is 0 Å². The molecule has 1 atom stereocenters. The predicted molar refractivity (Wildman–Crippen MR) is 84.4 cm³/mol. The fraction of sp³-hybridized carbons (Fsp3) is 0.444. The molecule has 19 heavy (non-hydrogen) atoms. The summed E-state index contributed by atoms with van der Waals surface area (Å²) < 4.78 is 0. The summed E-state index contributed by atoms with van der Waals surface area (Å²) in [7, 11) is 0. The lowest BCUT2D eigenvalue weighted by atomic mass is 9.93. The van der Waals surface area contributed by atoms with Crippen LogP contribution < -0.4 is 5.73 Å². The molecule has 1 nitrogen and oxygen atoms in total. The van der Waals surface area contributed by atoms with Crippen LogP contribution in [0.3, 0.4) is 0 Å². The molecule has 0 aliphatic carbocycles. The quantitative estimate of drug-likeness (QED) is 0.712. The Balaban J connectivity index is 2.18. The molecule has 0 aliphatic rings. The summed E-state index contributed by atoms with van der Waals surface area (Å²) in [5.74, 6) is 0. The Hall–Kier alpha value is -1.34. The van der Waals surface area contributed by atoms with Gasteiger partial charge in [-0.15, -0.1) is 0 Å². The van der Waals surface area contributed by atoms with E-state index in [1.165, 1.54) is 47.6 Å². The summed E-state index contributed by atoms with van der Waals surface area (Å²) in [4.78, 5) is 0. The van der Waals surface area contributed by atoms with Crippen LogP contribution in [0.1, 0.15) is 56.2 Å². The lowest BCUT2D eigenvalue weighted by molar-refractivity contribution is 0.568. The second-order valence-corrected chi connectivity index (χ2v) is 5.47. The van der Waals surface area contributed by atoms with Gasteiger partial charge in [0.2, 0.25) is 0 Å². The maximum Gasteiger partial charge on any atom is 0.0301 e. The number of hydrogen-bond acceptors (Lipinski definition) is 1. The highest BCUT2D eigenvalue weighted by Crippen LogP contribution is 2.28. The van der Waals surface area contributed by atoms with Gasteiger partial charge in [0.25, 0.3) is 0 Å². The van der Waals surface area contributed by atoms with Crippen LogP contribution in [-0.2, 0) is 0 Å². The summed E-state index contributed by atoms with van der Waals surface area (Å²) in [5, 5.41) is 2.66. The SMILES string of the molecule is CCCCCCC(N)c1ccc(C)c2ccccc12. The molecule has 0 heterocycles. The van der Waals surface area contributed by atoms with Crippen LogP contribution in [0, 0.1) is 6.92 Å². The fourth-order valence-corrected chi connectivity index (χ4v) is 2.74. The fourth-order valence-electron chi connectivity index (χ4n) is 2.74. The van der Waals surface area contributed by atoms with Crippen molar-refractivity contribution in [2.24, 2.45) is 5.73 Å². The van der Waals surface area contributed by atoms with Crippen molar-refractivity contribution in [1.29, 1.82) is 0 Å². The molecule has 2 aromatic rings. The molecule has 0 saturated heterocycles. The third kappa shape index (κ3) is 3.36. The van der Waals surface area contributed by atoms with Crippen molar-refractivity contribution in [2.45, 2.75) is 52.0 Å². The van der Waals surface area contributed by atoms with E-state index in [4.69, 9.17) is 5.73 Å². The van der Waals surface area contributed by atoms with Gasteiger partial charge in [0.05, 0.1) is 0 Å². The van der Waals surface area contributed by atoms with E-state index in [9.17, 15) is 0 Å². The van der Waals surface area contributed by atoms with Gasteiger partial charge in [-0.3, -0.25) is 0 Å². The predicted octanol–water partition coefficient (Wildman–Crippen LogP) is 5.12. The molecule has 2 rings (SSSR count). The van der Waals surface area contributed by atoms with Gasteiger partial charge < -0.3 is 5.73 Å². The maximum absolute atomic E-state index is 6.39. The topological polar surface area (TPSA) is 26.0 Å². The van der Waals surface area contributed by atoms with Crippen LogP contribution >= 0.6 is 0 Å². The van der Waals surface area contributed by atoms with E-state index < -0.39 is 0 Å². The number of unbranched alkanes of at least 4 members (excludes halogenated alkanes) is 3. The molecular formula is C18H25N. The molecule has 102 valence electrons. The third-order valence-corrected chi connectivity index (χ3v) is 3.94. The van der Waals surface area contributed by atoms with Gasteiger partial charge in [0, 0.05) is 6.04 Å². The summed E-state index contributed by atoms with van der Waals surface area (Å²) >= 11 is 0. The molecular weight excluding hydrogens is 230 g/mol. The van der Waals surface area contributed by atoms with Crippen molar-refractivity contribution in [3.8, 4) is 0 Å². The van der Waals surface area contributed by atoms with Gasteiger partial charge in [-0.25, -0.2) is 0 Å². The first kappa shape index (κ1) is 14.1. The Bertz CT molecular complexity index is 530. The van der Waals surface area contributed by atoms with Crippen molar-refractivity contribution in [1.82, 2.24) is 0 Å². The van der Waals surface area contributed by atoms with E-state index in [0.29, 0.717) is 0 Å². The molecule has 2 aromatic carbocycles. The zero-order valence-electron chi connectivity index (χ0n) is 12.2. The molecule has 0 amide bonds. The molecule has 0 aromatic heterocycles. The first-order valence-electron chi connectivity index (χ1n) is 7.48. The molecule has 0 aliphatic heterocycles. The minimum Gasteiger partial charge on any atom is -0.324 e. The van der Waals surface area contributed by atoms with E-state index in [1.54, 1.807) is 0 Å². The van der Waals surface area contributed by atoms with Gasteiger partial charge in [-0.05, 0) is 35.2 Å². The molecule has 2 N–H and O–H groups in total. The molecule has 0 radical (unpaired) electrons. The molecule has 0 fully saturated rings. The van der Waals surface area contributed by atoms with Crippen molar-refractivity contribution in [3.05, 3.63) is 47.5 Å². The van der Waals surface area contributed by atoms with Crippen LogP contribution in [0.5, 0.6) is 0 Å². The second kappa shape index (κ2) is 6.72. The summed E-state index contributed by atoms with van der Waals surface area (Å²) in [6, 6.07) is 13.2. The summed E-state index contributed by atoms with van der Waals surface area (Å²) in [5.41, 5.74) is 9.03. The molecule has 0 bridgehead atoms. The van der Waals surface area contributed by atoms with Gasteiger partial charge >= 0.3 is 0 Å². The first-order valence-corrected chi connectivity index (χ1v) is 7.48. The maximum atomic E-state index is 6.39. The van der Waals surface area contributed by atoms with Crippen LogP contribution in [0.25, 0.3) is 10.8 Å². The lowest BCUT2D eigenvalue weighted by Gasteiger charge is -2.16. The van der Waals surface area contributed by atoms with E-state index in [1.807, 2.05) is 0 Å². The van der Waals surface area contributed by atoms with E-state index in [0.717, 1.165) is 6.42 Å². The minimum atomic E-state index is 0.169. The zero-order chi connectivity index (χ0) is 13.7. The van der Waals surface area contributed by atoms with Crippen molar-refractivity contribution >= 4 is 10.8 Å². The van der Waals surface area contributed by atoms with Gasteiger partial charge in [0.15, 0.2) is 0 Å². The third-order valence-electron chi connectivity index (χ3n) is 3.94. The first-order chi connectivity index (χ1) is 9.24. The van der Waals surface area contributed by atoms with Crippen LogP contribution in [-0.4, -0.2) is 0 Å². The zero-order valence-corrected chi connectivity index (χ0v) is 12.2. The second-order valence-electron chi connectivity index (χ2n) is 5.47. The van der Waals surface area contributed by atoms with E-state index in [-0.39, 0.29) is 6.04 Å². The van der Waals surface area contributed by atoms with Crippen molar-refractivity contribution < 1.29 is 0 Å². The standard InChI is InChI=1S/C18H25N/c1-3-4-5-6-11-18(19)17-13-12-14(2)15-9-7-8-10-16(15)17/h7-10,12-13,18H,3-6,11,19H2,1-2H3. The molecule has 0 spiro atoms. The van der Waals surface area contributed by atoms with Gasteiger partial charge in [-0.1, -0.05) is 69.0 Å². The molecule has 1 heteroatoms.